The van der Waals surface area contributed by atoms with Gasteiger partial charge in [-0.15, -0.1) is 0 Å². The number of hydrogen-bond acceptors (Lipinski definition) is 3. The quantitative estimate of drug-likeness (QED) is 0.876. The van der Waals surface area contributed by atoms with E-state index in [1.165, 1.54) is 0 Å². The molecule has 0 bridgehead atoms. The summed E-state index contributed by atoms with van der Waals surface area (Å²) in [6, 6.07) is 6.08. The van der Waals surface area contributed by atoms with Crippen LogP contribution in [0.3, 0.4) is 0 Å². The lowest BCUT2D eigenvalue weighted by Crippen LogP contribution is -2.61. The number of rotatable bonds is 5. The number of amides is 1. The molecule has 4 heteroatoms. The number of benzene rings is 1. The van der Waals surface area contributed by atoms with E-state index in [2.05, 4.69) is 24.5 Å². The van der Waals surface area contributed by atoms with Crippen molar-refractivity contribution in [2.45, 2.75) is 46.3 Å². The first kappa shape index (κ1) is 15.8. The largest absolute Gasteiger partial charge is 0.385 e. The summed E-state index contributed by atoms with van der Waals surface area (Å²) in [6.45, 7) is 9.10. The fraction of sp³-hybridized carbons (Fsp3) is 0.588. The molecule has 116 valence electrons. The first-order valence-corrected chi connectivity index (χ1v) is 7.58. The second kappa shape index (κ2) is 6.06. The van der Waals surface area contributed by atoms with Gasteiger partial charge >= 0.3 is 0 Å². The normalized spacial score (nSPS) is 23.3. The van der Waals surface area contributed by atoms with E-state index < -0.39 is 0 Å². The van der Waals surface area contributed by atoms with Crippen LogP contribution in [0.1, 0.15) is 43.1 Å². The first-order valence-electron chi connectivity index (χ1n) is 7.58. The molecule has 0 aromatic heterocycles. The summed E-state index contributed by atoms with van der Waals surface area (Å²) in [7, 11) is 1.73. The standard InChI is InChI=1S/C17H26N2O2/c1-6-18-13-8-7-11(2)9-12(13)16(20)19-14-10-15(21-5)17(14,3)4/h7-9,14-15,18H,6,10H2,1-5H3,(H,19,20). The molecule has 1 amide bonds. The second-order valence-corrected chi connectivity index (χ2v) is 6.39. The minimum atomic E-state index is -0.0212. The molecule has 0 aliphatic heterocycles. The van der Waals surface area contributed by atoms with Gasteiger partial charge in [-0.2, -0.15) is 0 Å². The zero-order valence-corrected chi connectivity index (χ0v) is 13.6. The Bertz CT molecular complexity index is 526. The van der Waals surface area contributed by atoms with Gasteiger partial charge in [-0.25, -0.2) is 0 Å². The van der Waals surface area contributed by atoms with Crippen LogP contribution in [0.5, 0.6) is 0 Å². The summed E-state index contributed by atoms with van der Waals surface area (Å²) in [6.07, 6.45) is 1.09. The summed E-state index contributed by atoms with van der Waals surface area (Å²) >= 11 is 0. The minimum Gasteiger partial charge on any atom is -0.385 e. The molecule has 0 saturated heterocycles. The molecule has 2 atom stereocenters. The van der Waals surface area contributed by atoms with Crippen LogP contribution in [0.4, 0.5) is 5.69 Å². The Kier molecular flexibility index (Phi) is 4.57. The van der Waals surface area contributed by atoms with Crippen molar-refractivity contribution in [1.82, 2.24) is 5.32 Å². The molecule has 1 aromatic carbocycles. The Labute approximate surface area is 127 Å². The zero-order chi connectivity index (χ0) is 15.6. The van der Waals surface area contributed by atoms with Crippen LogP contribution < -0.4 is 10.6 Å². The second-order valence-electron chi connectivity index (χ2n) is 6.39. The molecule has 0 radical (unpaired) electrons. The lowest BCUT2D eigenvalue weighted by molar-refractivity contribution is -0.0942. The summed E-state index contributed by atoms with van der Waals surface area (Å²) in [5.41, 5.74) is 2.67. The van der Waals surface area contributed by atoms with Gasteiger partial charge in [0.2, 0.25) is 0 Å². The van der Waals surface area contributed by atoms with Gasteiger partial charge in [0, 0.05) is 30.8 Å². The zero-order valence-electron chi connectivity index (χ0n) is 13.6. The average molecular weight is 290 g/mol. The third kappa shape index (κ3) is 3.05. The fourth-order valence-corrected chi connectivity index (χ4v) is 2.96. The lowest BCUT2D eigenvalue weighted by atomic mass is 9.64. The van der Waals surface area contributed by atoms with Crippen molar-refractivity contribution >= 4 is 11.6 Å². The number of ether oxygens (including phenoxy) is 1. The Morgan fingerprint density at radius 2 is 2.14 bits per heavy atom. The molecule has 2 unspecified atom stereocenters. The van der Waals surface area contributed by atoms with Gasteiger partial charge < -0.3 is 15.4 Å². The Morgan fingerprint density at radius 3 is 2.71 bits per heavy atom. The maximum Gasteiger partial charge on any atom is 0.253 e. The number of hydrogen-bond donors (Lipinski definition) is 2. The Hall–Kier alpha value is -1.55. The number of methoxy groups -OCH3 is 1. The molecule has 1 aliphatic carbocycles. The molecule has 4 nitrogen and oxygen atoms in total. The smallest absolute Gasteiger partial charge is 0.253 e. The average Bonchev–Trinajstić information content (AvgIpc) is 2.44. The van der Waals surface area contributed by atoms with E-state index in [4.69, 9.17) is 4.74 Å². The minimum absolute atomic E-state index is 0.0118. The molecule has 0 heterocycles. The van der Waals surface area contributed by atoms with E-state index in [1.807, 2.05) is 32.0 Å². The molecular formula is C17H26N2O2. The highest BCUT2D eigenvalue weighted by Gasteiger charge is 2.49. The Morgan fingerprint density at radius 1 is 1.43 bits per heavy atom. The van der Waals surface area contributed by atoms with Crippen molar-refractivity contribution in [3.63, 3.8) is 0 Å². The summed E-state index contributed by atoms with van der Waals surface area (Å²) in [5, 5.41) is 6.40. The van der Waals surface area contributed by atoms with Gasteiger partial charge in [0.15, 0.2) is 0 Å². The van der Waals surface area contributed by atoms with Crippen molar-refractivity contribution in [2.24, 2.45) is 5.41 Å². The van der Waals surface area contributed by atoms with E-state index in [9.17, 15) is 4.79 Å². The predicted octanol–water partition coefficient (Wildman–Crippen LogP) is 2.97. The van der Waals surface area contributed by atoms with Crippen LogP contribution in [-0.4, -0.2) is 31.7 Å². The van der Waals surface area contributed by atoms with E-state index >= 15 is 0 Å². The first-order chi connectivity index (χ1) is 9.90. The topological polar surface area (TPSA) is 50.4 Å². The highest BCUT2D eigenvalue weighted by atomic mass is 16.5. The molecule has 0 spiro atoms. The predicted molar refractivity (Wildman–Crippen MR) is 85.8 cm³/mol. The highest BCUT2D eigenvalue weighted by molar-refractivity contribution is 6.00. The molecule has 2 N–H and O–H groups in total. The van der Waals surface area contributed by atoms with Crippen LogP contribution in [0.15, 0.2) is 18.2 Å². The number of anilines is 1. The van der Waals surface area contributed by atoms with Gasteiger partial charge in [0.25, 0.3) is 5.91 Å². The van der Waals surface area contributed by atoms with Crippen LogP contribution >= 0.6 is 0 Å². The number of aryl methyl sites for hydroxylation is 1. The monoisotopic (exact) mass is 290 g/mol. The van der Waals surface area contributed by atoms with Gasteiger partial charge in [-0.05, 0) is 32.4 Å². The molecule has 1 fully saturated rings. The summed E-state index contributed by atoms with van der Waals surface area (Å²) in [5.74, 6) is -0.0118. The molecule has 1 aromatic rings. The van der Waals surface area contributed by atoms with Crippen LogP contribution in [0.25, 0.3) is 0 Å². The maximum absolute atomic E-state index is 12.6. The van der Waals surface area contributed by atoms with Gasteiger partial charge in [-0.3, -0.25) is 4.79 Å². The molecular weight excluding hydrogens is 264 g/mol. The molecule has 1 saturated carbocycles. The van der Waals surface area contributed by atoms with E-state index in [-0.39, 0.29) is 23.5 Å². The fourth-order valence-electron chi connectivity index (χ4n) is 2.96. The van der Waals surface area contributed by atoms with E-state index in [0.29, 0.717) is 5.56 Å². The van der Waals surface area contributed by atoms with Crippen molar-refractivity contribution < 1.29 is 9.53 Å². The molecule has 2 rings (SSSR count). The third-order valence-electron chi connectivity index (χ3n) is 4.55. The lowest BCUT2D eigenvalue weighted by Gasteiger charge is -2.51. The summed E-state index contributed by atoms with van der Waals surface area (Å²) in [4.78, 5) is 12.6. The van der Waals surface area contributed by atoms with E-state index in [1.54, 1.807) is 7.11 Å². The third-order valence-corrected chi connectivity index (χ3v) is 4.55. The van der Waals surface area contributed by atoms with Crippen molar-refractivity contribution in [2.75, 3.05) is 19.0 Å². The highest BCUT2D eigenvalue weighted by Crippen LogP contribution is 2.42. The van der Waals surface area contributed by atoms with Crippen LogP contribution in [0.2, 0.25) is 0 Å². The van der Waals surface area contributed by atoms with Crippen molar-refractivity contribution in [3.05, 3.63) is 29.3 Å². The molecule has 21 heavy (non-hydrogen) atoms. The van der Waals surface area contributed by atoms with Gasteiger partial charge in [0.1, 0.15) is 0 Å². The summed E-state index contributed by atoms with van der Waals surface area (Å²) < 4.78 is 5.44. The van der Waals surface area contributed by atoms with Crippen molar-refractivity contribution in [3.8, 4) is 0 Å². The van der Waals surface area contributed by atoms with Gasteiger partial charge in [-0.1, -0.05) is 25.5 Å². The van der Waals surface area contributed by atoms with Gasteiger partial charge in [0.05, 0.1) is 11.7 Å². The van der Waals surface area contributed by atoms with Crippen LogP contribution in [0, 0.1) is 12.3 Å². The SMILES string of the molecule is CCNc1ccc(C)cc1C(=O)NC1CC(OC)C1(C)C. The maximum atomic E-state index is 12.6. The van der Waals surface area contributed by atoms with Crippen LogP contribution in [-0.2, 0) is 4.74 Å². The number of carbonyl (C=O) groups is 1. The molecule has 1 aliphatic rings. The van der Waals surface area contributed by atoms with Crippen molar-refractivity contribution in [1.29, 1.82) is 0 Å². The Balaban J connectivity index is 2.13. The van der Waals surface area contributed by atoms with E-state index in [0.717, 1.165) is 24.2 Å². The number of carbonyl (C=O) groups excluding carboxylic acids is 1. The number of nitrogens with one attached hydrogen (secondary N) is 2.